The van der Waals surface area contributed by atoms with Crippen molar-refractivity contribution in [1.82, 2.24) is 5.32 Å². The predicted octanol–water partition coefficient (Wildman–Crippen LogP) is -0.451. The number of nitrogens with zero attached hydrogens (tertiary/aromatic N) is 2. The van der Waals surface area contributed by atoms with Crippen molar-refractivity contribution < 1.29 is 9.90 Å². The fourth-order valence-corrected chi connectivity index (χ4v) is 0.256. The summed E-state index contributed by atoms with van der Waals surface area (Å²) in [6.07, 6.45) is 1.65. The molecule has 0 rings (SSSR count). The van der Waals surface area contributed by atoms with Crippen LogP contribution in [0.15, 0.2) is 11.8 Å². The average molecular weight is 137 g/mol. The van der Waals surface area contributed by atoms with Crippen LogP contribution in [0.5, 0.6) is 0 Å². The monoisotopic (exact) mass is 137 g/mol. The molecule has 5 heteroatoms. The summed E-state index contributed by atoms with van der Waals surface area (Å²) in [6, 6.07) is 1.38. The molecule has 10 heavy (non-hydrogen) atoms. The minimum atomic E-state index is -0.910. The number of carbonyl (C=O) groups is 1. The van der Waals surface area contributed by atoms with Gasteiger partial charge in [0, 0.05) is 0 Å². The zero-order chi connectivity index (χ0) is 7.98. The molecule has 2 N–H and O–H groups in total. The summed E-state index contributed by atoms with van der Waals surface area (Å²) in [7, 11) is 0. The SMILES string of the molecule is N#CNC(=O)/C(C#N)=C\O. The number of carbonyl (C=O) groups excluding carboxylic acids is 1. The molecule has 0 saturated carbocycles. The summed E-state index contributed by atoms with van der Waals surface area (Å²) in [5, 5.41) is 25.8. The number of amides is 1. The third-order valence-electron chi connectivity index (χ3n) is 0.664. The first-order chi connectivity index (χ1) is 4.76. The number of nitrogens with one attached hydrogen (secondary N) is 1. The zero-order valence-corrected chi connectivity index (χ0v) is 4.83. The van der Waals surface area contributed by atoms with Gasteiger partial charge >= 0.3 is 0 Å². The Bertz CT molecular complexity index is 243. The van der Waals surface area contributed by atoms with Gasteiger partial charge in [-0.25, -0.2) is 0 Å². The Hall–Kier alpha value is -2.01. The lowest BCUT2D eigenvalue weighted by Crippen LogP contribution is -2.18. The summed E-state index contributed by atoms with van der Waals surface area (Å²) in [6.45, 7) is 0. The maximum Gasteiger partial charge on any atom is 0.278 e. The molecule has 0 unspecified atom stereocenters. The number of nitriles is 2. The first-order valence-corrected chi connectivity index (χ1v) is 2.20. The van der Waals surface area contributed by atoms with Crippen molar-refractivity contribution in [2.45, 2.75) is 0 Å². The summed E-state index contributed by atoms with van der Waals surface area (Å²) in [5.41, 5.74) is -0.499. The van der Waals surface area contributed by atoms with Gasteiger partial charge in [0.25, 0.3) is 5.91 Å². The molecule has 0 fully saturated rings. The van der Waals surface area contributed by atoms with Crippen molar-refractivity contribution in [1.29, 1.82) is 10.5 Å². The molecular formula is C5H3N3O2. The lowest BCUT2D eigenvalue weighted by Gasteiger charge is -1.88. The number of aliphatic hydroxyl groups excluding tert-OH is 1. The molecule has 0 aliphatic heterocycles. The average Bonchev–Trinajstić information content (AvgIpc) is 1.91. The first-order valence-electron chi connectivity index (χ1n) is 2.20. The third-order valence-corrected chi connectivity index (χ3v) is 0.664. The highest BCUT2D eigenvalue weighted by atomic mass is 16.2. The zero-order valence-electron chi connectivity index (χ0n) is 4.83. The maximum absolute atomic E-state index is 10.4. The van der Waals surface area contributed by atoms with Crippen LogP contribution in [0.2, 0.25) is 0 Å². The Labute approximate surface area is 56.8 Å². The number of hydrogen-bond acceptors (Lipinski definition) is 4. The smallest absolute Gasteiger partial charge is 0.278 e. The van der Waals surface area contributed by atoms with Crippen LogP contribution in [0, 0.1) is 22.8 Å². The van der Waals surface area contributed by atoms with Crippen LogP contribution in [-0.4, -0.2) is 11.0 Å². The van der Waals surface area contributed by atoms with Gasteiger partial charge in [-0.3, -0.25) is 10.1 Å². The van der Waals surface area contributed by atoms with Gasteiger partial charge in [0.05, 0.1) is 0 Å². The van der Waals surface area contributed by atoms with Crippen LogP contribution in [-0.2, 0) is 4.79 Å². The van der Waals surface area contributed by atoms with Crippen molar-refractivity contribution in [2.75, 3.05) is 0 Å². The van der Waals surface area contributed by atoms with E-state index in [1.807, 2.05) is 0 Å². The van der Waals surface area contributed by atoms with E-state index in [1.165, 1.54) is 12.3 Å². The van der Waals surface area contributed by atoms with Crippen LogP contribution in [0.4, 0.5) is 0 Å². The first kappa shape index (κ1) is 7.99. The van der Waals surface area contributed by atoms with Gasteiger partial charge in [-0.1, -0.05) is 0 Å². The lowest BCUT2D eigenvalue weighted by molar-refractivity contribution is -0.116. The summed E-state index contributed by atoms with van der Waals surface area (Å²) in [4.78, 5) is 10.4. The highest BCUT2D eigenvalue weighted by molar-refractivity contribution is 5.97. The maximum atomic E-state index is 10.4. The second-order valence-corrected chi connectivity index (χ2v) is 1.22. The third kappa shape index (κ3) is 1.85. The minimum absolute atomic E-state index is 0.340. The summed E-state index contributed by atoms with van der Waals surface area (Å²) < 4.78 is 0. The van der Waals surface area contributed by atoms with Gasteiger partial charge in [0.2, 0.25) is 0 Å². The molecule has 0 aromatic rings. The molecule has 0 aliphatic rings. The fourth-order valence-electron chi connectivity index (χ4n) is 0.256. The van der Waals surface area contributed by atoms with E-state index in [2.05, 4.69) is 0 Å². The molecular weight excluding hydrogens is 134 g/mol. The summed E-state index contributed by atoms with van der Waals surface area (Å²) >= 11 is 0. The molecule has 50 valence electrons. The van der Waals surface area contributed by atoms with Crippen LogP contribution in [0.1, 0.15) is 0 Å². The Kier molecular flexibility index (Phi) is 3.14. The van der Waals surface area contributed by atoms with E-state index in [0.29, 0.717) is 6.26 Å². The van der Waals surface area contributed by atoms with Crippen molar-refractivity contribution in [3.8, 4) is 12.3 Å². The van der Waals surface area contributed by atoms with Gasteiger partial charge in [0.1, 0.15) is 12.3 Å². The molecule has 0 aliphatic carbocycles. The van der Waals surface area contributed by atoms with E-state index in [4.69, 9.17) is 15.6 Å². The highest BCUT2D eigenvalue weighted by Gasteiger charge is 2.06. The Morgan fingerprint density at radius 1 is 1.60 bits per heavy atom. The second-order valence-electron chi connectivity index (χ2n) is 1.22. The molecule has 0 heterocycles. The molecule has 5 nitrogen and oxygen atoms in total. The molecule has 0 aromatic carbocycles. The molecule has 0 spiro atoms. The van der Waals surface area contributed by atoms with Gasteiger partial charge in [-0.2, -0.15) is 10.5 Å². The highest BCUT2D eigenvalue weighted by Crippen LogP contribution is 1.87. The fraction of sp³-hybridized carbons (Fsp3) is 0. The number of rotatable bonds is 1. The van der Waals surface area contributed by atoms with Crippen LogP contribution >= 0.6 is 0 Å². The van der Waals surface area contributed by atoms with E-state index < -0.39 is 11.5 Å². The van der Waals surface area contributed by atoms with Crippen LogP contribution in [0.25, 0.3) is 0 Å². The van der Waals surface area contributed by atoms with Gasteiger partial charge in [-0.05, 0) is 0 Å². The molecule has 1 amide bonds. The van der Waals surface area contributed by atoms with Gasteiger partial charge < -0.3 is 5.11 Å². The molecule has 0 radical (unpaired) electrons. The summed E-state index contributed by atoms with van der Waals surface area (Å²) in [5.74, 6) is -0.910. The van der Waals surface area contributed by atoms with Crippen LogP contribution < -0.4 is 5.32 Å². The molecule has 0 saturated heterocycles. The van der Waals surface area contributed by atoms with Gasteiger partial charge in [-0.15, -0.1) is 0 Å². The van der Waals surface area contributed by atoms with E-state index in [9.17, 15) is 4.79 Å². The predicted molar refractivity (Wildman–Crippen MR) is 30.1 cm³/mol. The van der Waals surface area contributed by atoms with Crippen molar-refractivity contribution in [2.24, 2.45) is 0 Å². The standard InChI is InChI=1S/C5H3N3O2/c6-1-4(2-9)5(10)8-3-7/h2,9H,(H,8,10)/b4-2-. The normalized spacial score (nSPS) is 9.20. The Balaban J connectivity index is 4.26. The number of aliphatic hydroxyl groups is 1. The van der Waals surface area contributed by atoms with E-state index in [-0.39, 0.29) is 0 Å². The van der Waals surface area contributed by atoms with E-state index in [1.54, 1.807) is 5.32 Å². The van der Waals surface area contributed by atoms with Crippen molar-refractivity contribution in [3.05, 3.63) is 11.8 Å². The van der Waals surface area contributed by atoms with E-state index >= 15 is 0 Å². The number of hydrogen-bond donors (Lipinski definition) is 2. The lowest BCUT2D eigenvalue weighted by atomic mass is 10.3. The second kappa shape index (κ2) is 3.93. The Morgan fingerprint density at radius 3 is 2.50 bits per heavy atom. The van der Waals surface area contributed by atoms with Crippen LogP contribution in [0.3, 0.4) is 0 Å². The molecule has 0 bridgehead atoms. The molecule has 0 atom stereocenters. The minimum Gasteiger partial charge on any atom is -0.514 e. The molecule has 0 aromatic heterocycles. The van der Waals surface area contributed by atoms with E-state index in [0.717, 1.165) is 0 Å². The quantitative estimate of drug-likeness (QED) is 0.168. The van der Waals surface area contributed by atoms with Gasteiger partial charge in [0.15, 0.2) is 11.8 Å². The topological polar surface area (TPSA) is 96.9 Å². The largest absolute Gasteiger partial charge is 0.514 e. The Morgan fingerprint density at radius 2 is 2.20 bits per heavy atom. The van der Waals surface area contributed by atoms with Crippen molar-refractivity contribution in [3.63, 3.8) is 0 Å². The van der Waals surface area contributed by atoms with Crippen molar-refractivity contribution >= 4 is 5.91 Å².